The number of aryl methyl sites for hydroxylation is 1. The van der Waals surface area contributed by atoms with Gasteiger partial charge in [0.1, 0.15) is 17.6 Å². The molecule has 32 heavy (non-hydrogen) atoms. The minimum atomic E-state index is -3.03. The molecule has 1 fully saturated rings. The van der Waals surface area contributed by atoms with Crippen LogP contribution in [-0.4, -0.2) is 48.6 Å². The Morgan fingerprint density at radius 2 is 1.91 bits per heavy atom. The van der Waals surface area contributed by atoms with Crippen molar-refractivity contribution in [3.63, 3.8) is 0 Å². The van der Waals surface area contributed by atoms with E-state index in [0.717, 1.165) is 0 Å². The third-order valence-corrected chi connectivity index (χ3v) is 5.44. The highest BCUT2D eigenvalue weighted by atomic mass is 19.3. The van der Waals surface area contributed by atoms with Gasteiger partial charge in [0.25, 0.3) is 5.91 Å². The van der Waals surface area contributed by atoms with Gasteiger partial charge in [-0.2, -0.15) is 14.0 Å². The van der Waals surface area contributed by atoms with E-state index in [9.17, 15) is 23.2 Å². The number of carbonyl (C=O) groups excluding carboxylic acids is 1. The minimum Gasteiger partial charge on any atom is -0.434 e. The molecule has 164 valence electrons. The van der Waals surface area contributed by atoms with E-state index in [1.165, 1.54) is 36.5 Å². The molecule has 4 rings (SSSR count). The molecule has 3 aromatic rings. The Balaban J connectivity index is 1.60. The van der Waals surface area contributed by atoms with Crippen LogP contribution in [0.15, 0.2) is 42.6 Å². The molecular weight excluding hydrogens is 421 g/mol. The average Bonchev–Trinajstić information content (AvgIpc) is 2.78. The van der Waals surface area contributed by atoms with E-state index in [4.69, 9.17) is 0 Å². The number of ether oxygens (including phenoxy) is 1. The maximum absolute atomic E-state index is 14.1. The van der Waals surface area contributed by atoms with E-state index in [1.807, 2.05) is 4.90 Å². The first-order valence-electron chi connectivity index (χ1n) is 9.96. The second-order valence-electron chi connectivity index (χ2n) is 7.41. The quantitative estimate of drug-likeness (QED) is 0.611. The van der Waals surface area contributed by atoms with Gasteiger partial charge in [0.2, 0.25) is 0 Å². The number of hydrogen-bond acceptors (Lipinski definition) is 5. The molecule has 0 aliphatic carbocycles. The zero-order chi connectivity index (χ0) is 22.8. The number of nitriles is 1. The smallest absolute Gasteiger partial charge is 0.387 e. The van der Waals surface area contributed by atoms with Gasteiger partial charge in [-0.05, 0) is 36.8 Å². The van der Waals surface area contributed by atoms with Crippen molar-refractivity contribution in [1.29, 1.82) is 5.26 Å². The number of aromatic nitrogens is 1. The lowest BCUT2D eigenvalue weighted by Crippen LogP contribution is -2.49. The summed E-state index contributed by atoms with van der Waals surface area (Å²) in [6, 6.07) is 10.7. The Morgan fingerprint density at radius 1 is 1.19 bits per heavy atom. The number of piperazine rings is 1. The van der Waals surface area contributed by atoms with E-state index >= 15 is 0 Å². The number of pyridine rings is 1. The van der Waals surface area contributed by atoms with E-state index in [0.29, 0.717) is 53.9 Å². The molecule has 0 spiro atoms. The minimum absolute atomic E-state index is 0.0611. The van der Waals surface area contributed by atoms with Crippen molar-refractivity contribution in [2.24, 2.45) is 0 Å². The highest BCUT2D eigenvalue weighted by Crippen LogP contribution is 2.32. The molecule has 0 saturated carbocycles. The van der Waals surface area contributed by atoms with E-state index in [2.05, 4.69) is 15.8 Å². The Kier molecular flexibility index (Phi) is 5.86. The van der Waals surface area contributed by atoms with Gasteiger partial charge in [-0.25, -0.2) is 4.39 Å². The summed E-state index contributed by atoms with van der Waals surface area (Å²) in [5, 5.41) is 10.1. The van der Waals surface area contributed by atoms with Crippen molar-refractivity contribution < 1.29 is 22.7 Å². The normalized spacial score (nSPS) is 14.0. The SMILES string of the molecule is Cc1cc(F)cc2c(N3CCN(C(=O)c4ccccc4OC(F)F)CC3)c(C#N)cnc12. The number of carbonyl (C=O) groups is 1. The van der Waals surface area contributed by atoms with Crippen molar-refractivity contribution in [2.45, 2.75) is 13.5 Å². The first kappa shape index (κ1) is 21.4. The van der Waals surface area contributed by atoms with Crippen molar-refractivity contribution in [2.75, 3.05) is 31.1 Å². The number of alkyl halides is 2. The summed E-state index contributed by atoms with van der Waals surface area (Å²) >= 11 is 0. The van der Waals surface area contributed by atoms with Crippen molar-refractivity contribution in [1.82, 2.24) is 9.88 Å². The Morgan fingerprint density at radius 3 is 2.59 bits per heavy atom. The summed E-state index contributed by atoms with van der Waals surface area (Å²) in [5.74, 6) is -1.01. The topological polar surface area (TPSA) is 69.5 Å². The number of para-hydroxylation sites is 1. The summed E-state index contributed by atoms with van der Waals surface area (Å²) in [4.78, 5) is 20.7. The number of amides is 1. The van der Waals surface area contributed by atoms with Crippen LogP contribution in [0, 0.1) is 24.1 Å². The zero-order valence-corrected chi connectivity index (χ0v) is 17.2. The van der Waals surface area contributed by atoms with Gasteiger partial charge in [0.05, 0.1) is 22.3 Å². The molecule has 2 heterocycles. The predicted molar refractivity (Wildman–Crippen MR) is 112 cm³/mol. The van der Waals surface area contributed by atoms with Crippen LogP contribution in [0.1, 0.15) is 21.5 Å². The summed E-state index contributed by atoms with van der Waals surface area (Å²) in [5.41, 5.74) is 2.23. The second-order valence-corrected chi connectivity index (χ2v) is 7.41. The number of rotatable bonds is 4. The molecule has 1 aliphatic rings. The van der Waals surface area contributed by atoms with Gasteiger partial charge >= 0.3 is 6.61 Å². The molecule has 9 heteroatoms. The highest BCUT2D eigenvalue weighted by Gasteiger charge is 2.27. The number of halogens is 3. The summed E-state index contributed by atoms with van der Waals surface area (Å²) in [6.45, 7) is 0.0772. The largest absolute Gasteiger partial charge is 0.434 e. The van der Waals surface area contributed by atoms with Crippen LogP contribution in [0.4, 0.5) is 18.9 Å². The van der Waals surface area contributed by atoms with Gasteiger partial charge in [0, 0.05) is 37.8 Å². The number of hydrogen-bond donors (Lipinski definition) is 0. The Hall–Kier alpha value is -3.80. The summed E-state index contributed by atoms with van der Waals surface area (Å²) < 4.78 is 44.0. The summed E-state index contributed by atoms with van der Waals surface area (Å²) in [7, 11) is 0. The third-order valence-electron chi connectivity index (χ3n) is 5.44. The van der Waals surface area contributed by atoms with Gasteiger partial charge in [-0.3, -0.25) is 9.78 Å². The molecule has 1 aromatic heterocycles. The lowest BCUT2D eigenvalue weighted by Gasteiger charge is -2.37. The fraction of sp³-hybridized carbons (Fsp3) is 0.261. The average molecular weight is 440 g/mol. The highest BCUT2D eigenvalue weighted by molar-refractivity contribution is 5.98. The molecule has 6 nitrogen and oxygen atoms in total. The first-order chi connectivity index (χ1) is 15.4. The third kappa shape index (κ3) is 4.04. The molecule has 1 saturated heterocycles. The fourth-order valence-corrected chi connectivity index (χ4v) is 3.99. The molecule has 0 radical (unpaired) electrons. The lowest BCUT2D eigenvalue weighted by atomic mass is 10.0. The van der Waals surface area contributed by atoms with Crippen LogP contribution >= 0.6 is 0 Å². The second kappa shape index (κ2) is 8.75. The molecule has 0 unspecified atom stereocenters. The maximum Gasteiger partial charge on any atom is 0.387 e. The first-order valence-corrected chi connectivity index (χ1v) is 9.96. The summed E-state index contributed by atoms with van der Waals surface area (Å²) in [6.07, 6.45) is 1.47. The van der Waals surface area contributed by atoms with Crippen LogP contribution in [0.2, 0.25) is 0 Å². The number of nitrogens with zero attached hydrogens (tertiary/aromatic N) is 4. The Bertz CT molecular complexity index is 1220. The van der Waals surface area contributed by atoms with E-state index < -0.39 is 18.3 Å². The van der Waals surface area contributed by atoms with E-state index in [-0.39, 0.29) is 11.3 Å². The molecule has 0 bridgehead atoms. The van der Waals surface area contributed by atoms with Gasteiger partial charge < -0.3 is 14.5 Å². The molecule has 0 atom stereocenters. The lowest BCUT2D eigenvalue weighted by molar-refractivity contribution is -0.0502. The van der Waals surface area contributed by atoms with Crippen molar-refractivity contribution in [3.8, 4) is 11.8 Å². The molecular formula is C23H19F3N4O2. The zero-order valence-electron chi connectivity index (χ0n) is 17.2. The van der Waals surface area contributed by atoms with E-state index in [1.54, 1.807) is 17.9 Å². The van der Waals surface area contributed by atoms with Crippen molar-refractivity contribution >= 4 is 22.5 Å². The molecule has 2 aromatic carbocycles. The van der Waals surface area contributed by atoms with Gasteiger partial charge in [-0.1, -0.05) is 12.1 Å². The van der Waals surface area contributed by atoms with Gasteiger partial charge in [0.15, 0.2) is 0 Å². The molecule has 1 amide bonds. The van der Waals surface area contributed by atoms with Crippen LogP contribution < -0.4 is 9.64 Å². The van der Waals surface area contributed by atoms with Crippen LogP contribution in [0.25, 0.3) is 10.9 Å². The number of benzene rings is 2. The van der Waals surface area contributed by atoms with Crippen LogP contribution in [0.5, 0.6) is 5.75 Å². The fourth-order valence-electron chi connectivity index (χ4n) is 3.99. The Labute approximate surface area is 182 Å². The predicted octanol–water partition coefficient (Wildman–Crippen LogP) is 4.12. The number of fused-ring (bicyclic) bond motifs is 1. The van der Waals surface area contributed by atoms with Gasteiger partial charge in [-0.15, -0.1) is 0 Å². The van der Waals surface area contributed by atoms with Crippen LogP contribution in [0.3, 0.4) is 0 Å². The van der Waals surface area contributed by atoms with Crippen molar-refractivity contribution in [3.05, 3.63) is 65.1 Å². The number of anilines is 1. The monoisotopic (exact) mass is 440 g/mol. The standard InChI is InChI=1S/C23H19F3N4O2/c1-14-10-16(24)11-18-20(14)28-13-15(12-27)21(18)29-6-8-30(9-7-29)22(31)17-4-2-3-5-19(17)32-23(25)26/h2-5,10-11,13,23H,6-9H2,1H3. The van der Waals surface area contributed by atoms with Crippen LogP contribution in [-0.2, 0) is 0 Å². The molecule has 1 aliphatic heterocycles. The molecule has 0 N–H and O–H groups in total. The maximum atomic E-state index is 14.1.